The number of ether oxygens (including phenoxy) is 1. The molecule has 1 N–H and O–H groups in total. The first-order valence-corrected chi connectivity index (χ1v) is 6.32. The van der Waals surface area contributed by atoms with E-state index in [-0.39, 0.29) is 27.2 Å². The molecule has 0 aliphatic rings. The van der Waals surface area contributed by atoms with Crippen LogP contribution in [0.5, 0.6) is 11.5 Å². The fraction of sp³-hybridized carbons (Fsp3) is 0. The Balaban J connectivity index is 2.28. The van der Waals surface area contributed by atoms with E-state index in [9.17, 15) is 19.3 Å². The number of nitrogens with zero attached hydrogens (tertiary/aromatic N) is 1. The molecule has 6 nitrogen and oxygen atoms in total. The van der Waals surface area contributed by atoms with E-state index in [4.69, 9.17) is 9.84 Å². The number of hydrogen-bond donors (Lipinski definition) is 1. The Kier molecular flexibility index (Phi) is 4.18. The molecule has 0 bridgehead atoms. The maximum absolute atomic E-state index is 13.7. The average Bonchev–Trinajstić information content (AvgIpc) is 2.40. The molecule has 0 fully saturated rings. The largest absolute Gasteiger partial charge is 0.478 e. The van der Waals surface area contributed by atoms with Gasteiger partial charge in [0.2, 0.25) is 0 Å². The first-order chi connectivity index (χ1) is 9.88. The Hall–Kier alpha value is -2.48. The van der Waals surface area contributed by atoms with Crippen molar-refractivity contribution in [2.24, 2.45) is 0 Å². The molecule has 0 aromatic heterocycles. The van der Waals surface area contributed by atoms with E-state index in [0.717, 1.165) is 18.2 Å². The van der Waals surface area contributed by atoms with Gasteiger partial charge in [-0.2, -0.15) is 0 Å². The van der Waals surface area contributed by atoms with E-state index in [1.54, 1.807) is 0 Å². The van der Waals surface area contributed by atoms with E-state index in [1.807, 2.05) is 0 Å². The van der Waals surface area contributed by atoms with Crippen molar-refractivity contribution >= 4 is 27.6 Å². The summed E-state index contributed by atoms with van der Waals surface area (Å²) in [5, 5.41) is 19.4. The van der Waals surface area contributed by atoms with Gasteiger partial charge < -0.3 is 9.84 Å². The Bertz CT molecular complexity index is 734. The number of nitro benzene ring substituents is 1. The monoisotopic (exact) mass is 355 g/mol. The Morgan fingerprint density at radius 1 is 1.29 bits per heavy atom. The number of carboxylic acid groups (broad SMARTS) is 1. The summed E-state index contributed by atoms with van der Waals surface area (Å²) in [6.07, 6.45) is 0. The number of nitro groups is 1. The van der Waals surface area contributed by atoms with Crippen LogP contribution in [0.4, 0.5) is 10.1 Å². The number of aromatic carboxylic acids is 1. The molecule has 0 saturated heterocycles. The Morgan fingerprint density at radius 3 is 2.52 bits per heavy atom. The predicted octanol–water partition coefficient (Wildman–Crippen LogP) is 3.99. The zero-order chi connectivity index (χ0) is 15.6. The van der Waals surface area contributed by atoms with Gasteiger partial charge in [-0.3, -0.25) is 10.1 Å². The van der Waals surface area contributed by atoms with Gasteiger partial charge in [-0.15, -0.1) is 0 Å². The number of carbonyl (C=O) groups is 1. The van der Waals surface area contributed by atoms with Crippen LogP contribution in [-0.2, 0) is 0 Å². The highest BCUT2D eigenvalue weighted by Gasteiger charge is 2.14. The maximum atomic E-state index is 13.7. The van der Waals surface area contributed by atoms with Crippen molar-refractivity contribution in [1.29, 1.82) is 0 Å². The standard InChI is InChI=1S/C13H7BrFNO5/c14-10-6-8(2-3-9(10)13(17)18)21-12-4-1-7(16(19)20)5-11(12)15/h1-6H,(H,17,18). The number of rotatable bonds is 4. The SMILES string of the molecule is O=C(O)c1ccc(Oc2ccc([N+](=O)[O-])cc2F)cc1Br. The summed E-state index contributed by atoms with van der Waals surface area (Å²) in [5.41, 5.74) is -0.353. The minimum Gasteiger partial charge on any atom is -0.478 e. The van der Waals surface area contributed by atoms with Crippen LogP contribution in [-0.4, -0.2) is 16.0 Å². The normalized spacial score (nSPS) is 10.2. The fourth-order valence-electron chi connectivity index (χ4n) is 1.55. The Labute approximate surface area is 126 Å². The maximum Gasteiger partial charge on any atom is 0.336 e. The second-order valence-electron chi connectivity index (χ2n) is 3.92. The van der Waals surface area contributed by atoms with E-state index in [0.29, 0.717) is 0 Å². The molecule has 108 valence electrons. The van der Waals surface area contributed by atoms with Crippen molar-refractivity contribution in [2.75, 3.05) is 0 Å². The van der Waals surface area contributed by atoms with Crippen molar-refractivity contribution in [3.63, 3.8) is 0 Å². The molecule has 0 atom stereocenters. The first kappa shape index (κ1) is 14.9. The van der Waals surface area contributed by atoms with Crippen LogP contribution >= 0.6 is 15.9 Å². The molecule has 2 aromatic carbocycles. The summed E-state index contributed by atoms with van der Waals surface area (Å²) >= 11 is 3.07. The minimum atomic E-state index is -1.12. The summed E-state index contributed by atoms with van der Waals surface area (Å²) in [6.45, 7) is 0. The van der Waals surface area contributed by atoms with Crippen molar-refractivity contribution in [3.8, 4) is 11.5 Å². The van der Waals surface area contributed by atoms with Gasteiger partial charge in [0.05, 0.1) is 16.6 Å². The topological polar surface area (TPSA) is 89.7 Å². The van der Waals surface area contributed by atoms with Gasteiger partial charge in [-0.05, 0) is 40.2 Å². The van der Waals surface area contributed by atoms with Crippen LogP contribution in [0.15, 0.2) is 40.9 Å². The third-order valence-corrected chi connectivity index (χ3v) is 3.18. The molecule has 0 amide bonds. The van der Waals surface area contributed by atoms with Gasteiger partial charge in [-0.25, -0.2) is 9.18 Å². The lowest BCUT2D eigenvalue weighted by atomic mass is 10.2. The van der Waals surface area contributed by atoms with E-state index in [1.165, 1.54) is 18.2 Å². The van der Waals surface area contributed by atoms with Gasteiger partial charge in [0.25, 0.3) is 5.69 Å². The molecular formula is C13H7BrFNO5. The predicted molar refractivity (Wildman–Crippen MR) is 74.2 cm³/mol. The molecule has 2 aromatic rings. The lowest BCUT2D eigenvalue weighted by molar-refractivity contribution is -0.385. The summed E-state index contributed by atoms with van der Waals surface area (Å²) < 4.78 is 19.2. The highest BCUT2D eigenvalue weighted by atomic mass is 79.9. The molecule has 8 heteroatoms. The quantitative estimate of drug-likeness (QED) is 0.661. The highest BCUT2D eigenvalue weighted by molar-refractivity contribution is 9.10. The van der Waals surface area contributed by atoms with Gasteiger partial charge in [0.15, 0.2) is 11.6 Å². The minimum absolute atomic E-state index is 0.0338. The van der Waals surface area contributed by atoms with Crippen LogP contribution in [0.2, 0.25) is 0 Å². The zero-order valence-corrected chi connectivity index (χ0v) is 11.8. The third-order valence-electron chi connectivity index (χ3n) is 2.53. The molecular weight excluding hydrogens is 349 g/mol. The van der Waals surface area contributed by atoms with Gasteiger partial charge >= 0.3 is 5.97 Å². The second-order valence-corrected chi connectivity index (χ2v) is 4.78. The average molecular weight is 356 g/mol. The number of non-ortho nitro benzene ring substituents is 1. The van der Waals surface area contributed by atoms with E-state index < -0.39 is 16.7 Å². The van der Waals surface area contributed by atoms with Gasteiger partial charge in [0, 0.05) is 10.5 Å². The lowest BCUT2D eigenvalue weighted by Crippen LogP contribution is -1.98. The molecule has 0 unspecified atom stereocenters. The summed E-state index contributed by atoms with van der Waals surface area (Å²) in [7, 11) is 0. The molecule has 0 saturated carbocycles. The fourth-order valence-corrected chi connectivity index (χ4v) is 2.07. The van der Waals surface area contributed by atoms with Crippen molar-refractivity contribution < 1.29 is 24.0 Å². The van der Waals surface area contributed by atoms with Gasteiger partial charge in [0.1, 0.15) is 5.75 Å². The first-order valence-electron chi connectivity index (χ1n) is 5.53. The van der Waals surface area contributed by atoms with Crippen LogP contribution in [0.1, 0.15) is 10.4 Å². The molecule has 0 aliphatic carbocycles. The van der Waals surface area contributed by atoms with Gasteiger partial charge in [-0.1, -0.05) is 0 Å². The molecule has 0 spiro atoms. The number of carboxylic acids is 1. The summed E-state index contributed by atoms with van der Waals surface area (Å²) in [4.78, 5) is 20.6. The van der Waals surface area contributed by atoms with Crippen LogP contribution in [0, 0.1) is 15.9 Å². The van der Waals surface area contributed by atoms with E-state index in [2.05, 4.69) is 15.9 Å². The second kappa shape index (κ2) is 5.88. The zero-order valence-electron chi connectivity index (χ0n) is 10.2. The number of benzene rings is 2. The molecule has 0 heterocycles. The Morgan fingerprint density at radius 2 is 2.00 bits per heavy atom. The third kappa shape index (κ3) is 3.34. The molecule has 21 heavy (non-hydrogen) atoms. The van der Waals surface area contributed by atoms with Crippen LogP contribution < -0.4 is 4.74 Å². The van der Waals surface area contributed by atoms with Crippen molar-refractivity contribution in [3.05, 3.63) is 62.4 Å². The van der Waals surface area contributed by atoms with Crippen molar-refractivity contribution in [2.45, 2.75) is 0 Å². The molecule has 0 radical (unpaired) electrons. The lowest BCUT2D eigenvalue weighted by Gasteiger charge is -2.08. The highest BCUT2D eigenvalue weighted by Crippen LogP contribution is 2.30. The number of hydrogen-bond acceptors (Lipinski definition) is 4. The van der Waals surface area contributed by atoms with Crippen molar-refractivity contribution in [1.82, 2.24) is 0 Å². The number of halogens is 2. The van der Waals surface area contributed by atoms with Crippen LogP contribution in [0.3, 0.4) is 0 Å². The van der Waals surface area contributed by atoms with Crippen LogP contribution in [0.25, 0.3) is 0 Å². The molecule has 0 aliphatic heterocycles. The van der Waals surface area contributed by atoms with E-state index >= 15 is 0 Å². The smallest absolute Gasteiger partial charge is 0.336 e. The summed E-state index contributed by atoms with van der Waals surface area (Å²) in [5.74, 6) is -2.01. The summed E-state index contributed by atoms with van der Waals surface area (Å²) in [6, 6.07) is 7.01. The molecule has 2 rings (SSSR count).